The van der Waals surface area contributed by atoms with Crippen molar-refractivity contribution in [2.45, 2.75) is 17.6 Å². The molecule has 0 atom stereocenters. The van der Waals surface area contributed by atoms with Gasteiger partial charge in [-0.3, -0.25) is 4.79 Å². The lowest BCUT2D eigenvalue weighted by atomic mass is 9.97. The fourth-order valence-electron chi connectivity index (χ4n) is 2.03. The van der Waals surface area contributed by atoms with Gasteiger partial charge >= 0.3 is 0 Å². The highest BCUT2D eigenvalue weighted by atomic mass is 32.2. The fraction of sp³-hybridized carbons (Fsp3) is 0.500. The number of hydrogen-bond donors (Lipinski definition) is 0. The lowest BCUT2D eigenvalue weighted by molar-refractivity contribution is 0.0716. The molecule has 1 aliphatic heterocycles. The second-order valence-electron chi connectivity index (χ2n) is 4.23. The molecule has 0 aromatic carbocycles. The first-order valence-corrected chi connectivity index (χ1v) is 6.96. The Morgan fingerprint density at radius 2 is 2.22 bits per heavy atom. The van der Waals surface area contributed by atoms with E-state index in [0.29, 0.717) is 18.7 Å². The first kappa shape index (κ1) is 12.8. The number of carbonyl (C=O) groups is 1. The van der Waals surface area contributed by atoms with Crippen molar-refractivity contribution < 1.29 is 4.79 Å². The van der Waals surface area contributed by atoms with Crippen LogP contribution in [0.5, 0.6) is 0 Å². The number of hydrogen-bond acceptors (Lipinski definition) is 5. The van der Waals surface area contributed by atoms with Crippen molar-refractivity contribution in [2.75, 3.05) is 19.3 Å². The monoisotopic (exact) mass is 262 g/mol. The van der Waals surface area contributed by atoms with E-state index in [1.165, 1.54) is 12.4 Å². The van der Waals surface area contributed by atoms with Gasteiger partial charge in [-0.25, -0.2) is 0 Å². The van der Waals surface area contributed by atoms with E-state index in [9.17, 15) is 10.1 Å². The van der Waals surface area contributed by atoms with Crippen LogP contribution in [0.4, 0.5) is 0 Å². The molecule has 1 fully saturated rings. The van der Waals surface area contributed by atoms with Crippen LogP contribution in [0, 0.1) is 11.3 Å². The van der Waals surface area contributed by atoms with Crippen molar-refractivity contribution >= 4 is 17.7 Å². The summed E-state index contributed by atoms with van der Waals surface area (Å²) in [4.78, 5) is 13.9. The molecule has 1 aliphatic rings. The fourth-order valence-corrected chi connectivity index (χ4v) is 2.71. The Hall–Kier alpha value is -1.61. The van der Waals surface area contributed by atoms with Gasteiger partial charge in [0.25, 0.3) is 5.91 Å². The smallest absolute Gasteiger partial charge is 0.255 e. The molecule has 6 heteroatoms. The zero-order chi connectivity index (χ0) is 13.0. The number of amides is 1. The Kier molecular flexibility index (Phi) is 3.82. The van der Waals surface area contributed by atoms with Crippen LogP contribution in [-0.4, -0.2) is 45.1 Å². The van der Waals surface area contributed by atoms with Crippen molar-refractivity contribution in [3.8, 4) is 6.07 Å². The zero-order valence-corrected chi connectivity index (χ0v) is 11.0. The van der Waals surface area contributed by atoms with Crippen LogP contribution in [0.3, 0.4) is 0 Å². The predicted molar refractivity (Wildman–Crippen MR) is 69.0 cm³/mol. The summed E-state index contributed by atoms with van der Waals surface area (Å²) >= 11 is 1.58. The first-order valence-electron chi connectivity index (χ1n) is 5.73. The van der Waals surface area contributed by atoms with E-state index in [4.69, 9.17) is 0 Å². The maximum atomic E-state index is 12.2. The second kappa shape index (κ2) is 5.36. The van der Waals surface area contributed by atoms with E-state index in [2.05, 4.69) is 16.3 Å². The minimum Gasteiger partial charge on any atom is -0.338 e. The van der Waals surface area contributed by atoms with Crippen LogP contribution in [-0.2, 0) is 0 Å². The van der Waals surface area contributed by atoms with Gasteiger partial charge in [-0.2, -0.15) is 15.5 Å². The van der Waals surface area contributed by atoms with Crippen molar-refractivity contribution in [3.05, 3.63) is 24.0 Å². The third kappa shape index (κ3) is 2.46. The maximum absolute atomic E-state index is 12.2. The topological polar surface area (TPSA) is 69.9 Å². The molecule has 0 N–H and O–H groups in total. The highest BCUT2D eigenvalue weighted by molar-refractivity contribution is 8.00. The molecule has 18 heavy (non-hydrogen) atoms. The summed E-state index contributed by atoms with van der Waals surface area (Å²) in [5, 5.41) is 16.6. The molecule has 1 aromatic heterocycles. The number of nitriles is 1. The maximum Gasteiger partial charge on any atom is 0.255 e. The molecule has 2 rings (SSSR count). The third-order valence-corrected chi connectivity index (χ3v) is 4.57. The molecule has 1 saturated heterocycles. The zero-order valence-electron chi connectivity index (χ0n) is 10.2. The van der Waals surface area contributed by atoms with Gasteiger partial charge in [0.2, 0.25) is 0 Å². The van der Waals surface area contributed by atoms with Crippen molar-refractivity contribution in [3.63, 3.8) is 0 Å². The molecule has 0 radical (unpaired) electrons. The number of carbonyl (C=O) groups excluding carboxylic acids is 1. The van der Waals surface area contributed by atoms with Crippen molar-refractivity contribution in [1.29, 1.82) is 5.26 Å². The number of thioether (sulfide) groups is 1. The number of nitrogens with zero attached hydrogens (tertiary/aromatic N) is 4. The van der Waals surface area contributed by atoms with Crippen LogP contribution in [0.1, 0.15) is 23.2 Å². The minimum absolute atomic E-state index is 0.0301. The summed E-state index contributed by atoms with van der Waals surface area (Å²) in [6, 6.07) is 4.03. The Morgan fingerprint density at radius 3 is 2.72 bits per heavy atom. The van der Waals surface area contributed by atoms with Gasteiger partial charge in [0, 0.05) is 13.1 Å². The highest BCUT2D eigenvalue weighted by Gasteiger charge is 2.35. The summed E-state index contributed by atoms with van der Waals surface area (Å²) in [5.41, 5.74) is 0.554. The molecule has 94 valence electrons. The molecule has 0 spiro atoms. The molecular weight excluding hydrogens is 248 g/mol. The molecule has 1 amide bonds. The Labute approximate surface area is 110 Å². The van der Waals surface area contributed by atoms with Gasteiger partial charge in [0.05, 0.1) is 24.0 Å². The second-order valence-corrected chi connectivity index (χ2v) is 5.42. The summed E-state index contributed by atoms with van der Waals surface area (Å²) in [6.07, 6.45) is 6.37. The van der Waals surface area contributed by atoms with Crippen LogP contribution >= 0.6 is 11.8 Å². The van der Waals surface area contributed by atoms with Crippen LogP contribution in [0.25, 0.3) is 0 Å². The van der Waals surface area contributed by atoms with E-state index < -0.39 is 0 Å². The number of rotatable bonds is 2. The van der Waals surface area contributed by atoms with E-state index in [0.717, 1.165) is 12.8 Å². The standard InChI is InChI=1S/C12H14N4OS/c1-18-12(9-13)3-6-16(7-4-12)11(17)10-2-5-14-15-8-10/h2,5,8H,3-4,6-7H2,1H3. The SMILES string of the molecule is CSC1(C#N)CCN(C(=O)c2ccnnc2)CC1. The normalized spacial score (nSPS) is 18.1. The molecule has 0 saturated carbocycles. The van der Waals surface area contributed by atoms with Gasteiger partial charge in [-0.15, -0.1) is 11.8 Å². The van der Waals surface area contributed by atoms with E-state index in [1.54, 1.807) is 22.7 Å². The van der Waals surface area contributed by atoms with Gasteiger partial charge in [0.15, 0.2) is 0 Å². The lowest BCUT2D eigenvalue weighted by Crippen LogP contribution is -2.44. The summed E-state index contributed by atoms with van der Waals surface area (Å²) in [5.74, 6) is -0.0301. The van der Waals surface area contributed by atoms with Crippen molar-refractivity contribution in [2.24, 2.45) is 0 Å². The highest BCUT2D eigenvalue weighted by Crippen LogP contribution is 2.34. The molecule has 1 aromatic rings. The number of aromatic nitrogens is 2. The lowest BCUT2D eigenvalue weighted by Gasteiger charge is -2.36. The summed E-state index contributed by atoms with van der Waals surface area (Å²) in [7, 11) is 0. The molecular formula is C12H14N4OS. The first-order chi connectivity index (χ1) is 8.71. The Balaban J connectivity index is 2.03. The molecule has 0 bridgehead atoms. The number of likely N-dealkylation sites (tertiary alicyclic amines) is 1. The summed E-state index contributed by atoms with van der Waals surface area (Å²) < 4.78 is -0.326. The summed E-state index contributed by atoms with van der Waals surface area (Å²) in [6.45, 7) is 1.24. The van der Waals surface area contributed by atoms with Crippen LogP contribution in [0.2, 0.25) is 0 Å². The molecule has 2 heterocycles. The van der Waals surface area contributed by atoms with Gasteiger partial charge in [-0.1, -0.05) is 0 Å². The van der Waals surface area contributed by atoms with E-state index in [-0.39, 0.29) is 10.7 Å². The molecule has 0 aliphatic carbocycles. The third-order valence-electron chi connectivity index (χ3n) is 3.28. The van der Waals surface area contributed by atoms with E-state index >= 15 is 0 Å². The van der Waals surface area contributed by atoms with Gasteiger partial charge in [0.1, 0.15) is 4.75 Å². The van der Waals surface area contributed by atoms with Crippen LogP contribution in [0.15, 0.2) is 18.5 Å². The number of piperidine rings is 1. The van der Waals surface area contributed by atoms with Gasteiger partial charge < -0.3 is 4.90 Å². The average Bonchev–Trinajstić information content (AvgIpc) is 2.47. The predicted octanol–water partition coefficient (Wildman–Crippen LogP) is 1.34. The molecule has 0 unspecified atom stereocenters. The van der Waals surface area contributed by atoms with Crippen molar-refractivity contribution in [1.82, 2.24) is 15.1 Å². The largest absolute Gasteiger partial charge is 0.338 e. The average molecular weight is 262 g/mol. The minimum atomic E-state index is -0.326. The van der Waals surface area contributed by atoms with Crippen LogP contribution < -0.4 is 0 Å². The van der Waals surface area contributed by atoms with E-state index in [1.807, 2.05) is 6.26 Å². The quantitative estimate of drug-likeness (QED) is 0.804. The molecule has 5 nitrogen and oxygen atoms in total. The van der Waals surface area contributed by atoms with Gasteiger partial charge in [-0.05, 0) is 25.2 Å². The Morgan fingerprint density at radius 1 is 1.50 bits per heavy atom. The Bertz CT molecular complexity index is 463.